The summed E-state index contributed by atoms with van der Waals surface area (Å²) in [5.74, 6) is 0.740. The molecule has 1 saturated carbocycles. The van der Waals surface area contributed by atoms with E-state index >= 15 is 0 Å². The highest BCUT2D eigenvalue weighted by Crippen LogP contribution is 2.18. The van der Waals surface area contributed by atoms with Crippen molar-refractivity contribution in [2.24, 2.45) is 5.92 Å². The van der Waals surface area contributed by atoms with Gasteiger partial charge >= 0.3 is 0 Å². The monoisotopic (exact) mass is 196 g/mol. The first-order valence-electron chi connectivity index (χ1n) is 5.66. The van der Waals surface area contributed by atoms with Gasteiger partial charge in [-0.3, -0.25) is 0 Å². The van der Waals surface area contributed by atoms with Crippen LogP contribution in [-0.4, -0.2) is 37.6 Å². The zero-order chi connectivity index (χ0) is 10.6. The Morgan fingerprint density at radius 1 is 1.50 bits per heavy atom. The van der Waals surface area contributed by atoms with Crippen LogP contribution in [0.3, 0.4) is 0 Å². The Labute approximate surface area is 88.4 Å². The van der Waals surface area contributed by atoms with Gasteiger partial charge < -0.3 is 10.2 Å². The maximum absolute atomic E-state index is 4.10. The smallest absolute Gasteiger partial charge is 0.0199 e. The Kier molecular flexibility index (Phi) is 4.63. The highest BCUT2D eigenvalue weighted by atomic mass is 15.1. The van der Waals surface area contributed by atoms with Crippen molar-refractivity contribution in [3.63, 3.8) is 0 Å². The van der Waals surface area contributed by atoms with E-state index in [2.05, 4.69) is 37.7 Å². The number of rotatable bonds is 7. The van der Waals surface area contributed by atoms with Crippen LogP contribution in [0.15, 0.2) is 12.2 Å². The molecule has 0 heterocycles. The molecule has 0 amide bonds. The average molecular weight is 196 g/mol. The van der Waals surface area contributed by atoms with E-state index in [0.717, 1.165) is 31.6 Å². The standard InChI is InChI=1S/C12H24N2/c1-10(2)8-14(4)9-11(3)7-13-12-5-6-12/h10,12-13H,3,5-9H2,1-2,4H3. The average Bonchev–Trinajstić information content (AvgIpc) is 2.81. The molecular formula is C12H24N2. The van der Waals surface area contributed by atoms with Crippen LogP contribution in [0.4, 0.5) is 0 Å². The van der Waals surface area contributed by atoms with E-state index < -0.39 is 0 Å². The summed E-state index contributed by atoms with van der Waals surface area (Å²) in [6.07, 6.45) is 2.71. The Morgan fingerprint density at radius 2 is 2.14 bits per heavy atom. The van der Waals surface area contributed by atoms with Crippen LogP contribution in [0.25, 0.3) is 0 Å². The predicted molar refractivity (Wildman–Crippen MR) is 62.5 cm³/mol. The first kappa shape index (κ1) is 11.7. The van der Waals surface area contributed by atoms with Crippen LogP contribution in [-0.2, 0) is 0 Å². The molecule has 1 aliphatic rings. The summed E-state index contributed by atoms with van der Waals surface area (Å²) in [6.45, 7) is 11.8. The fourth-order valence-corrected chi connectivity index (χ4v) is 1.70. The SMILES string of the molecule is C=C(CNC1CC1)CN(C)CC(C)C. The summed E-state index contributed by atoms with van der Waals surface area (Å²) in [6, 6.07) is 0.794. The molecule has 1 N–H and O–H groups in total. The van der Waals surface area contributed by atoms with E-state index in [1.54, 1.807) is 0 Å². The highest BCUT2D eigenvalue weighted by Gasteiger charge is 2.20. The maximum atomic E-state index is 4.10. The van der Waals surface area contributed by atoms with Crippen molar-refractivity contribution in [3.05, 3.63) is 12.2 Å². The molecule has 0 aromatic rings. The zero-order valence-electron chi connectivity index (χ0n) is 9.84. The van der Waals surface area contributed by atoms with Crippen molar-refractivity contribution in [3.8, 4) is 0 Å². The molecule has 82 valence electrons. The number of hydrogen-bond donors (Lipinski definition) is 1. The number of nitrogens with zero attached hydrogens (tertiary/aromatic N) is 1. The van der Waals surface area contributed by atoms with Gasteiger partial charge in [0.05, 0.1) is 0 Å². The second kappa shape index (κ2) is 5.52. The summed E-state index contributed by atoms with van der Waals surface area (Å²) in [5.41, 5.74) is 1.31. The van der Waals surface area contributed by atoms with Crippen LogP contribution >= 0.6 is 0 Å². The summed E-state index contributed by atoms with van der Waals surface area (Å²) < 4.78 is 0. The van der Waals surface area contributed by atoms with Gasteiger partial charge in [0.2, 0.25) is 0 Å². The van der Waals surface area contributed by atoms with Gasteiger partial charge in [0.15, 0.2) is 0 Å². The van der Waals surface area contributed by atoms with E-state index in [1.807, 2.05) is 0 Å². The van der Waals surface area contributed by atoms with E-state index in [0.29, 0.717) is 0 Å². The first-order chi connectivity index (χ1) is 6.58. The Morgan fingerprint density at radius 3 is 2.64 bits per heavy atom. The topological polar surface area (TPSA) is 15.3 Å². The van der Waals surface area contributed by atoms with Gasteiger partial charge in [0, 0.05) is 25.7 Å². The second-order valence-corrected chi connectivity index (χ2v) is 5.00. The molecule has 1 fully saturated rings. The molecule has 0 atom stereocenters. The van der Waals surface area contributed by atoms with E-state index in [4.69, 9.17) is 0 Å². The molecule has 0 saturated heterocycles. The zero-order valence-corrected chi connectivity index (χ0v) is 9.84. The molecule has 14 heavy (non-hydrogen) atoms. The van der Waals surface area contributed by atoms with Crippen molar-refractivity contribution in [1.82, 2.24) is 10.2 Å². The number of likely N-dealkylation sites (N-methyl/N-ethyl adjacent to an activating group) is 1. The molecule has 0 aromatic carbocycles. The number of hydrogen-bond acceptors (Lipinski definition) is 2. The lowest BCUT2D eigenvalue weighted by molar-refractivity contribution is 0.315. The number of nitrogens with one attached hydrogen (secondary N) is 1. The minimum Gasteiger partial charge on any atom is -0.310 e. The third-order valence-electron chi connectivity index (χ3n) is 2.39. The molecular weight excluding hydrogens is 172 g/mol. The van der Waals surface area contributed by atoms with Gasteiger partial charge in [-0.25, -0.2) is 0 Å². The highest BCUT2D eigenvalue weighted by molar-refractivity contribution is 5.01. The van der Waals surface area contributed by atoms with Crippen molar-refractivity contribution >= 4 is 0 Å². The van der Waals surface area contributed by atoms with Crippen LogP contribution in [0.2, 0.25) is 0 Å². The lowest BCUT2D eigenvalue weighted by Crippen LogP contribution is -2.29. The summed E-state index contributed by atoms with van der Waals surface area (Å²) in [7, 11) is 2.17. The third kappa shape index (κ3) is 5.40. The van der Waals surface area contributed by atoms with Crippen LogP contribution in [0.1, 0.15) is 26.7 Å². The van der Waals surface area contributed by atoms with Gasteiger partial charge in [-0.05, 0) is 31.4 Å². The van der Waals surface area contributed by atoms with Crippen LogP contribution < -0.4 is 5.32 Å². The van der Waals surface area contributed by atoms with Gasteiger partial charge in [0.1, 0.15) is 0 Å². The van der Waals surface area contributed by atoms with E-state index in [1.165, 1.54) is 18.4 Å². The lowest BCUT2D eigenvalue weighted by atomic mass is 10.2. The second-order valence-electron chi connectivity index (χ2n) is 5.00. The van der Waals surface area contributed by atoms with Crippen LogP contribution in [0, 0.1) is 5.92 Å². The first-order valence-corrected chi connectivity index (χ1v) is 5.66. The molecule has 0 radical (unpaired) electrons. The van der Waals surface area contributed by atoms with Crippen molar-refractivity contribution in [1.29, 1.82) is 0 Å². The lowest BCUT2D eigenvalue weighted by Gasteiger charge is -2.20. The molecule has 1 rings (SSSR count). The van der Waals surface area contributed by atoms with Crippen molar-refractivity contribution in [2.75, 3.05) is 26.7 Å². The maximum Gasteiger partial charge on any atom is 0.0199 e. The van der Waals surface area contributed by atoms with Crippen molar-refractivity contribution in [2.45, 2.75) is 32.7 Å². The summed E-state index contributed by atoms with van der Waals surface area (Å²) in [5, 5.41) is 3.49. The molecule has 0 aliphatic heterocycles. The van der Waals surface area contributed by atoms with Gasteiger partial charge in [-0.15, -0.1) is 0 Å². The van der Waals surface area contributed by atoms with Crippen molar-refractivity contribution < 1.29 is 0 Å². The minimum absolute atomic E-state index is 0.740. The third-order valence-corrected chi connectivity index (χ3v) is 2.39. The summed E-state index contributed by atoms with van der Waals surface area (Å²) in [4.78, 5) is 2.35. The molecule has 0 unspecified atom stereocenters. The quantitative estimate of drug-likeness (QED) is 0.625. The van der Waals surface area contributed by atoms with Gasteiger partial charge in [-0.2, -0.15) is 0 Å². The molecule has 0 spiro atoms. The molecule has 0 bridgehead atoms. The van der Waals surface area contributed by atoms with Gasteiger partial charge in [-0.1, -0.05) is 20.4 Å². The minimum atomic E-state index is 0.740. The fraction of sp³-hybridized carbons (Fsp3) is 0.833. The Balaban J connectivity index is 2.05. The molecule has 2 nitrogen and oxygen atoms in total. The Bertz CT molecular complexity index is 183. The fourth-order valence-electron chi connectivity index (χ4n) is 1.70. The van der Waals surface area contributed by atoms with Crippen LogP contribution in [0.5, 0.6) is 0 Å². The molecule has 1 aliphatic carbocycles. The molecule has 2 heteroatoms. The summed E-state index contributed by atoms with van der Waals surface area (Å²) >= 11 is 0. The van der Waals surface area contributed by atoms with E-state index in [9.17, 15) is 0 Å². The predicted octanol–water partition coefficient (Wildman–Crippen LogP) is 1.88. The van der Waals surface area contributed by atoms with Gasteiger partial charge in [0.25, 0.3) is 0 Å². The largest absolute Gasteiger partial charge is 0.310 e. The van der Waals surface area contributed by atoms with E-state index in [-0.39, 0.29) is 0 Å². The molecule has 0 aromatic heterocycles. The normalized spacial score (nSPS) is 16.6. The Hall–Kier alpha value is -0.340.